The lowest BCUT2D eigenvalue weighted by Crippen LogP contribution is -2.30. The van der Waals surface area contributed by atoms with Crippen molar-refractivity contribution in [1.29, 1.82) is 0 Å². The Morgan fingerprint density at radius 2 is 1.47 bits per heavy atom. The molecule has 0 aliphatic rings. The monoisotopic (exact) mass is 488 g/mol. The number of carbonyl (C=O) groups excluding carboxylic acids is 2. The first-order chi connectivity index (χ1) is 17.4. The molecule has 0 unspecified atom stereocenters. The van der Waals surface area contributed by atoms with Gasteiger partial charge in [0.25, 0.3) is 11.8 Å². The third-order valence-corrected chi connectivity index (χ3v) is 5.19. The summed E-state index contributed by atoms with van der Waals surface area (Å²) in [5.74, 6) is -0.784. The van der Waals surface area contributed by atoms with Crippen LogP contribution in [0.5, 0.6) is 11.5 Å². The zero-order chi connectivity index (χ0) is 25.9. The Kier molecular flexibility index (Phi) is 9.22. The smallest absolute Gasteiger partial charge is 0.335 e. The van der Waals surface area contributed by atoms with Crippen LogP contribution in [-0.4, -0.2) is 36.6 Å². The summed E-state index contributed by atoms with van der Waals surface area (Å²) < 4.78 is 10.8. The van der Waals surface area contributed by atoms with Crippen molar-refractivity contribution in [3.63, 3.8) is 0 Å². The van der Waals surface area contributed by atoms with Gasteiger partial charge < -0.3 is 25.2 Å². The van der Waals surface area contributed by atoms with Gasteiger partial charge in [0, 0.05) is 11.3 Å². The third kappa shape index (κ3) is 7.46. The predicted octanol–water partition coefficient (Wildman–Crippen LogP) is 4.98. The van der Waals surface area contributed by atoms with Crippen LogP contribution >= 0.6 is 0 Å². The quantitative estimate of drug-likeness (QED) is 0.259. The van der Waals surface area contributed by atoms with Crippen molar-refractivity contribution >= 4 is 29.5 Å². The molecule has 8 nitrogen and oxygen atoms in total. The summed E-state index contributed by atoms with van der Waals surface area (Å²) in [4.78, 5) is 37.1. The number of hydrogen-bond acceptors (Lipinski definition) is 5. The minimum Gasteiger partial charge on any atom is -0.497 e. The molecular formula is C28H28N2O6. The number of carbonyl (C=O) groups is 3. The molecule has 0 aliphatic heterocycles. The molecule has 0 aliphatic carbocycles. The number of benzene rings is 3. The largest absolute Gasteiger partial charge is 0.497 e. The van der Waals surface area contributed by atoms with Gasteiger partial charge in [-0.2, -0.15) is 0 Å². The van der Waals surface area contributed by atoms with Gasteiger partial charge in [0.15, 0.2) is 0 Å². The van der Waals surface area contributed by atoms with E-state index in [-0.39, 0.29) is 11.3 Å². The first-order valence-electron chi connectivity index (χ1n) is 11.4. The number of ether oxygens (including phenoxy) is 2. The van der Waals surface area contributed by atoms with Gasteiger partial charge in [0.2, 0.25) is 0 Å². The molecule has 0 atom stereocenters. The number of nitrogens with one attached hydrogen (secondary N) is 2. The first kappa shape index (κ1) is 26.0. The molecule has 0 aromatic heterocycles. The first-order valence-corrected chi connectivity index (χ1v) is 11.4. The van der Waals surface area contributed by atoms with E-state index in [4.69, 9.17) is 14.6 Å². The Labute approximate surface area is 209 Å². The number of amides is 2. The SMILES string of the molecule is CCCCOc1ccc(C(=O)N/C(=C/c2ccc(OC)cc2)C(=O)Nc2ccc(C(=O)O)cc2)cc1. The number of rotatable bonds is 11. The molecule has 3 rings (SSSR count). The number of anilines is 1. The van der Waals surface area contributed by atoms with E-state index < -0.39 is 17.8 Å². The Morgan fingerprint density at radius 1 is 0.861 bits per heavy atom. The summed E-state index contributed by atoms with van der Waals surface area (Å²) in [5.41, 5.74) is 1.51. The Morgan fingerprint density at radius 3 is 2.06 bits per heavy atom. The molecule has 8 heteroatoms. The van der Waals surface area contributed by atoms with Gasteiger partial charge in [-0.25, -0.2) is 4.79 Å². The fraction of sp³-hybridized carbons (Fsp3) is 0.179. The highest BCUT2D eigenvalue weighted by Gasteiger charge is 2.16. The second-order valence-electron chi connectivity index (χ2n) is 7.85. The van der Waals surface area contributed by atoms with Crippen molar-refractivity contribution < 1.29 is 29.0 Å². The van der Waals surface area contributed by atoms with Crippen LogP contribution in [0.1, 0.15) is 46.0 Å². The molecule has 3 aromatic rings. The van der Waals surface area contributed by atoms with Gasteiger partial charge in [-0.1, -0.05) is 25.5 Å². The van der Waals surface area contributed by atoms with E-state index in [2.05, 4.69) is 17.6 Å². The number of carboxylic acids is 1. The van der Waals surface area contributed by atoms with Crippen LogP contribution in [0.3, 0.4) is 0 Å². The molecule has 0 fully saturated rings. The maximum Gasteiger partial charge on any atom is 0.335 e. The molecule has 2 amide bonds. The lowest BCUT2D eigenvalue weighted by molar-refractivity contribution is -0.113. The molecule has 0 radical (unpaired) electrons. The Bertz CT molecular complexity index is 1220. The topological polar surface area (TPSA) is 114 Å². The molecule has 0 heterocycles. The van der Waals surface area contributed by atoms with Gasteiger partial charge >= 0.3 is 5.97 Å². The van der Waals surface area contributed by atoms with Crippen LogP contribution in [-0.2, 0) is 4.79 Å². The normalized spacial score (nSPS) is 10.9. The molecular weight excluding hydrogens is 460 g/mol. The standard InChI is InChI=1S/C28H28N2O6/c1-3-4-17-36-24-15-9-20(10-16-24)26(31)30-25(18-19-5-13-23(35-2)14-6-19)27(32)29-22-11-7-21(8-12-22)28(33)34/h5-16,18H,3-4,17H2,1-2H3,(H,29,32)(H,30,31)(H,33,34)/b25-18+. The molecule has 36 heavy (non-hydrogen) atoms. The maximum absolute atomic E-state index is 13.1. The molecule has 3 aromatic carbocycles. The highest BCUT2D eigenvalue weighted by atomic mass is 16.5. The van der Waals surface area contributed by atoms with Crippen molar-refractivity contribution in [2.45, 2.75) is 19.8 Å². The van der Waals surface area contributed by atoms with Crippen LogP contribution in [0, 0.1) is 0 Å². The van der Waals surface area contributed by atoms with Crippen LogP contribution in [0.2, 0.25) is 0 Å². The van der Waals surface area contributed by atoms with E-state index in [9.17, 15) is 14.4 Å². The van der Waals surface area contributed by atoms with Crippen molar-refractivity contribution in [1.82, 2.24) is 5.32 Å². The molecule has 0 spiro atoms. The maximum atomic E-state index is 13.1. The summed E-state index contributed by atoms with van der Waals surface area (Å²) in [6.45, 7) is 2.68. The average Bonchev–Trinajstić information content (AvgIpc) is 2.89. The van der Waals surface area contributed by atoms with Gasteiger partial charge in [0.1, 0.15) is 17.2 Å². The Balaban J connectivity index is 1.80. The highest BCUT2D eigenvalue weighted by Crippen LogP contribution is 2.17. The van der Waals surface area contributed by atoms with Crippen molar-refractivity contribution in [2.75, 3.05) is 19.0 Å². The van der Waals surface area contributed by atoms with Gasteiger partial charge in [-0.3, -0.25) is 9.59 Å². The van der Waals surface area contributed by atoms with E-state index in [1.165, 1.54) is 24.3 Å². The van der Waals surface area contributed by atoms with E-state index in [1.54, 1.807) is 61.7 Å². The molecule has 0 bridgehead atoms. The van der Waals surface area contributed by atoms with Gasteiger partial charge in [-0.15, -0.1) is 0 Å². The fourth-order valence-electron chi connectivity index (χ4n) is 3.15. The zero-order valence-electron chi connectivity index (χ0n) is 20.1. The Hall–Kier alpha value is -4.59. The van der Waals surface area contributed by atoms with E-state index in [0.717, 1.165) is 12.8 Å². The molecule has 186 valence electrons. The number of aromatic carboxylic acids is 1. The zero-order valence-corrected chi connectivity index (χ0v) is 20.1. The summed E-state index contributed by atoms with van der Waals surface area (Å²) in [5, 5.41) is 14.4. The molecule has 0 saturated carbocycles. The predicted molar refractivity (Wildman–Crippen MR) is 137 cm³/mol. The van der Waals surface area contributed by atoms with Crippen LogP contribution in [0.4, 0.5) is 5.69 Å². The van der Waals surface area contributed by atoms with E-state index in [1.807, 2.05) is 0 Å². The number of unbranched alkanes of at least 4 members (excludes halogenated alkanes) is 1. The van der Waals surface area contributed by atoms with Crippen molar-refractivity contribution in [3.8, 4) is 11.5 Å². The summed E-state index contributed by atoms with van der Waals surface area (Å²) in [6.07, 6.45) is 3.51. The second-order valence-corrected chi connectivity index (χ2v) is 7.85. The minimum absolute atomic E-state index is 0.00995. The number of hydrogen-bond donors (Lipinski definition) is 3. The second kappa shape index (κ2) is 12.8. The summed E-state index contributed by atoms with van der Waals surface area (Å²) >= 11 is 0. The third-order valence-electron chi connectivity index (χ3n) is 5.19. The van der Waals surface area contributed by atoms with E-state index >= 15 is 0 Å². The minimum atomic E-state index is -1.07. The lowest BCUT2D eigenvalue weighted by atomic mass is 10.1. The van der Waals surface area contributed by atoms with Gasteiger partial charge in [0.05, 0.1) is 19.3 Å². The van der Waals surface area contributed by atoms with Crippen LogP contribution in [0.25, 0.3) is 6.08 Å². The van der Waals surface area contributed by atoms with Crippen LogP contribution in [0.15, 0.2) is 78.5 Å². The number of carboxylic acid groups (broad SMARTS) is 1. The summed E-state index contributed by atoms with van der Waals surface area (Å²) in [7, 11) is 1.56. The fourth-order valence-corrected chi connectivity index (χ4v) is 3.15. The van der Waals surface area contributed by atoms with Crippen LogP contribution < -0.4 is 20.1 Å². The molecule has 0 saturated heterocycles. The van der Waals surface area contributed by atoms with Gasteiger partial charge in [-0.05, 0) is 78.7 Å². The van der Waals surface area contributed by atoms with Crippen molar-refractivity contribution in [3.05, 3.63) is 95.2 Å². The highest BCUT2D eigenvalue weighted by molar-refractivity contribution is 6.10. The summed E-state index contributed by atoms with van der Waals surface area (Å²) in [6, 6.07) is 19.4. The average molecular weight is 489 g/mol. The molecule has 3 N–H and O–H groups in total. The lowest BCUT2D eigenvalue weighted by Gasteiger charge is -2.12. The van der Waals surface area contributed by atoms with E-state index in [0.29, 0.717) is 34.9 Å². The number of methoxy groups -OCH3 is 1. The van der Waals surface area contributed by atoms with Crippen molar-refractivity contribution in [2.24, 2.45) is 0 Å².